The second-order valence-electron chi connectivity index (χ2n) is 22.1. The summed E-state index contributed by atoms with van der Waals surface area (Å²) in [5.41, 5.74) is 17.0. The molecular weight excluding hydrogens is 865 g/mol. The molecule has 2 aromatic heterocycles. The van der Waals surface area contributed by atoms with E-state index in [9.17, 15) is 0 Å². The lowest BCUT2D eigenvalue weighted by Gasteiger charge is -2.30. The number of benzene rings is 10. The van der Waals surface area contributed by atoms with Gasteiger partial charge in [-0.1, -0.05) is 201 Å². The number of anilines is 6. The maximum absolute atomic E-state index is 7.14. The molecule has 0 saturated heterocycles. The van der Waals surface area contributed by atoms with Crippen LogP contribution < -0.4 is 9.80 Å². The predicted molar refractivity (Wildman–Crippen MR) is 300 cm³/mol. The van der Waals surface area contributed by atoms with Gasteiger partial charge >= 0.3 is 0 Å². The fourth-order valence-corrected chi connectivity index (χ4v) is 12.0. The number of rotatable bonds is 6. The third-order valence-corrected chi connectivity index (χ3v) is 15.2. The van der Waals surface area contributed by atoms with Gasteiger partial charge in [0.15, 0.2) is 11.2 Å². The molecule has 4 nitrogen and oxygen atoms in total. The van der Waals surface area contributed by atoms with E-state index in [0.29, 0.717) is 0 Å². The summed E-state index contributed by atoms with van der Waals surface area (Å²) in [4.78, 5) is 4.87. The van der Waals surface area contributed by atoms with Crippen molar-refractivity contribution in [3.8, 4) is 11.1 Å². The highest BCUT2D eigenvalue weighted by atomic mass is 16.3. The van der Waals surface area contributed by atoms with Crippen LogP contribution in [0.5, 0.6) is 0 Å². The molecule has 4 heteroatoms. The highest BCUT2D eigenvalue weighted by molar-refractivity contribution is 6.18. The van der Waals surface area contributed by atoms with Crippen LogP contribution in [0.15, 0.2) is 203 Å². The first-order valence-electron chi connectivity index (χ1n) is 25.0. The topological polar surface area (TPSA) is 32.8 Å². The standard InChI is InChI=1S/C67H56N2O2/c1-65(2,3)52-35-19-31-47-49-33-21-37-55(63(49)70-61(47)52)68(41-23-11-9-12-24-41)57-39-51-59-45-29-17-15-27-43(45)58(40-54(59)67(7,8)60(51)46-30-18-16-28-44(46)57)69(42-25-13-10-14-26-42)56-38-22-34-50-48-32-20-36-53(66(4,5)6)62(48)71-64(50)56/h9-40H,1-8H3. The monoisotopic (exact) mass is 920 g/mol. The fraction of sp³-hybridized carbons (Fsp3) is 0.164. The molecule has 0 unspecified atom stereocenters. The third kappa shape index (κ3) is 6.43. The molecule has 2 heterocycles. The van der Waals surface area contributed by atoms with E-state index < -0.39 is 0 Å². The van der Waals surface area contributed by atoms with Crippen LogP contribution in [0.3, 0.4) is 0 Å². The van der Waals surface area contributed by atoms with Crippen LogP contribution in [0.1, 0.15) is 77.6 Å². The second kappa shape index (κ2) is 15.5. The Kier molecular flexibility index (Phi) is 9.36. The Bertz CT molecular complexity index is 4100. The second-order valence-corrected chi connectivity index (χ2v) is 22.1. The first-order valence-corrected chi connectivity index (χ1v) is 25.0. The van der Waals surface area contributed by atoms with E-state index in [0.717, 1.165) is 78.0 Å². The summed E-state index contributed by atoms with van der Waals surface area (Å²) >= 11 is 0. The summed E-state index contributed by atoms with van der Waals surface area (Å²) in [6.07, 6.45) is 0. The summed E-state index contributed by atoms with van der Waals surface area (Å²) in [5, 5.41) is 9.28. The summed E-state index contributed by atoms with van der Waals surface area (Å²) < 4.78 is 14.3. The van der Waals surface area contributed by atoms with Gasteiger partial charge in [-0.3, -0.25) is 0 Å². The summed E-state index contributed by atoms with van der Waals surface area (Å²) in [6.45, 7) is 18.4. The van der Waals surface area contributed by atoms with Crippen molar-refractivity contribution in [3.63, 3.8) is 0 Å². The van der Waals surface area contributed by atoms with Crippen molar-refractivity contribution >= 4 is 99.5 Å². The van der Waals surface area contributed by atoms with E-state index in [1.54, 1.807) is 0 Å². The Hall–Kier alpha value is -8.08. The van der Waals surface area contributed by atoms with Crippen molar-refractivity contribution in [1.82, 2.24) is 0 Å². The van der Waals surface area contributed by atoms with Gasteiger partial charge in [0.05, 0.1) is 22.7 Å². The molecule has 0 N–H and O–H groups in total. The lowest BCUT2D eigenvalue weighted by molar-refractivity contribution is 0.572. The van der Waals surface area contributed by atoms with E-state index in [-0.39, 0.29) is 16.2 Å². The number of para-hydroxylation sites is 6. The summed E-state index contributed by atoms with van der Waals surface area (Å²) in [7, 11) is 0. The Labute approximate surface area is 415 Å². The number of fused-ring (bicyclic) bond motifs is 13. The molecular formula is C67H56N2O2. The highest BCUT2D eigenvalue weighted by Crippen LogP contribution is 2.59. The number of nitrogens with zero attached hydrogens (tertiary/aromatic N) is 2. The molecule has 1 aliphatic carbocycles. The zero-order chi connectivity index (χ0) is 48.6. The molecule has 0 spiro atoms. The Morgan fingerprint density at radius 2 is 0.732 bits per heavy atom. The molecule has 13 rings (SSSR count). The van der Waals surface area contributed by atoms with Gasteiger partial charge in [0, 0.05) is 60.2 Å². The molecule has 0 fully saturated rings. The van der Waals surface area contributed by atoms with Crippen molar-refractivity contribution in [3.05, 3.63) is 216 Å². The van der Waals surface area contributed by atoms with Crippen molar-refractivity contribution in [2.45, 2.75) is 71.6 Å². The summed E-state index contributed by atoms with van der Waals surface area (Å²) in [5.74, 6) is 0. The van der Waals surface area contributed by atoms with Crippen molar-refractivity contribution in [1.29, 1.82) is 0 Å². The Morgan fingerprint density at radius 3 is 1.21 bits per heavy atom. The minimum atomic E-state index is -0.378. The van der Waals surface area contributed by atoms with Crippen LogP contribution >= 0.6 is 0 Å². The van der Waals surface area contributed by atoms with Crippen LogP contribution in [-0.2, 0) is 16.2 Å². The molecule has 71 heavy (non-hydrogen) atoms. The van der Waals surface area contributed by atoms with Crippen LogP contribution in [0.2, 0.25) is 0 Å². The van der Waals surface area contributed by atoms with Crippen LogP contribution in [0, 0.1) is 0 Å². The molecule has 0 bridgehead atoms. The number of hydrogen-bond acceptors (Lipinski definition) is 4. The van der Waals surface area contributed by atoms with Crippen LogP contribution in [0.25, 0.3) is 76.5 Å². The molecule has 0 saturated carbocycles. The first kappa shape index (κ1) is 43.0. The molecule has 0 amide bonds. The molecule has 12 aromatic rings. The van der Waals surface area contributed by atoms with Gasteiger partial charge < -0.3 is 18.6 Å². The van der Waals surface area contributed by atoms with E-state index in [4.69, 9.17) is 8.83 Å². The van der Waals surface area contributed by atoms with Gasteiger partial charge in [-0.25, -0.2) is 0 Å². The quantitative estimate of drug-likeness (QED) is 0.166. The zero-order valence-electron chi connectivity index (χ0n) is 41.7. The summed E-state index contributed by atoms with van der Waals surface area (Å²) in [6, 6.07) is 71.0. The smallest absolute Gasteiger partial charge is 0.159 e. The van der Waals surface area contributed by atoms with E-state index in [2.05, 4.69) is 259 Å². The average Bonchev–Trinajstić information content (AvgIpc) is 4.02. The van der Waals surface area contributed by atoms with Crippen molar-refractivity contribution in [2.75, 3.05) is 9.80 Å². The van der Waals surface area contributed by atoms with Gasteiger partial charge in [-0.2, -0.15) is 0 Å². The number of furan rings is 2. The Balaban J connectivity index is 1.09. The Morgan fingerprint density at radius 1 is 0.352 bits per heavy atom. The SMILES string of the molecule is CC(C)(C)c1cccc2c1oc1c(N(c3ccccc3)c3cc4c(c5ccccc35)-c3cc(N(c5ccccc5)c5cccc6c5oc5c(C(C)(C)C)cccc56)c5ccccc5c3C4(C)C)cccc12. The van der Waals surface area contributed by atoms with Gasteiger partial charge in [0.1, 0.15) is 11.2 Å². The zero-order valence-corrected chi connectivity index (χ0v) is 41.7. The van der Waals surface area contributed by atoms with Crippen LogP contribution in [0.4, 0.5) is 34.1 Å². The van der Waals surface area contributed by atoms with Crippen LogP contribution in [-0.4, -0.2) is 0 Å². The average molecular weight is 921 g/mol. The largest absolute Gasteiger partial charge is 0.454 e. The minimum Gasteiger partial charge on any atom is -0.454 e. The van der Waals surface area contributed by atoms with Gasteiger partial charge in [0.2, 0.25) is 0 Å². The lowest BCUT2D eigenvalue weighted by atomic mass is 9.79. The number of hydrogen-bond donors (Lipinski definition) is 0. The van der Waals surface area contributed by atoms with E-state index >= 15 is 0 Å². The fourth-order valence-electron chi connectivity index (χ4n) is 12.0. The normalized spacial score (nSPS) is 13.5. The molecule has 1 aliphatic rings. The lowest BCUT2D eigenvalue weighted by Crippen LogP contribution is -2.18. The maximum Gasteiger partial charge on any atom is 0.159 e. The molecule has 0 atom stereocenters. The predicted octanol–water partition coefficient (Wildman–Crippen LogP) is 19.6. The molecule has 0 radical (unpaired) electrons. The highest BCUT2D eigenvalue weighted by Gasteiger charge is 2.41. The first-order chi connectivity index (χ1) is 34.3. The molecule has 10 aromatic carbocycles. The van der Waals surface area contributed by atoms with Gasteiger partial charge in [-0.05, 0) is 92.4 Å². The molecule has 0 aliphatic heterocycles. The van der Waals surface area contributed by atoms with E-state index in [1.807, 2.05) is 0 Å². The van der Waals surface area contributed by atoms with Gasteiger partial charge in [0.25, 0.3) is 0 Å². The minimum absolute atomic E-state index is 0.0947. The third-order valence-electron chi connectivity index (χ3n) is 15.2. The van der Waals surface area contributed by atoms with Gasteiger partial charge in [-0.15, -0.1) is 0 Å². The van der Waals surface area contributed by atoms with Crippen molar-refractivity contribution < 1.29 is 8.83 Å². The maximum atomic E-state index is 7.14. The van der Waals surface area contributed by atoms with E-state index in [1.165, 1.54) is 54.9 Å². The molecule has 346 valence electrons. The van der Waals surface area contributed by atoms with Crippen molar-refractivity contribution in [2.24, 2.45) is 0 Å².